The van der Waals surface area contributed by atoms with E-state index in [-0.39, 0.29) is 16.9 Å². The van der Waals surface area contributed by atoms with Gasteiger partial charge < -0.3 is 14.6 Å². The van der Waals surface area contributed by atoms with Crippen molar-refractivity contribution in [1.29, 1.82) is 0 Å². The molecule has 1 heterocycles. The summed E-state index contributed by atoms with van der Waals surface area (Å²) in [6, 6.07) is 2.44. The molecule has 1 unspecified atom stereocenters. The van der Waals surface area contributed by atoms with E-state index >= 15 is 0 Å². The Morgan fingerprint density at radius 3 is 2.93 bits per heavy atom. The molecule has 2 rings (SSSR count). The summed E-state index contributed by atoms with van der Waals surface area (Å²) in [5, 5.41) is 9.23. The van der Waals surface area contributed by atoms with Crippen LogP contribution in [-0.2, 0) is 4.74 Å². The minimum absolute atomic E-state index is 0.104. The number of ether oxygens (including phenoxy) is 2. The van der Waals surface area contributed by atoms with Crippen molar-refractivity contribution in [1.82, 2.24) is 0 Å². The van der Waals surface area contributed by atoms with Crippen LogP contribution in [0.25, 0.3) is 0 Å². The molecular formula is C9H7FO4. The van der Waals surface area contributed by atoms with Gasteiger partial charge >= 0.3 is 5.97 Å². The van der Waals surface area contributed by atoms with E-state index in [0.717, 1.165) is 6.07 Å². The second-order valence-corrected chi connectivity index (χ2v) is 2.83. The highest BCUT2D eigenvalue weighted by molar-refractivity contribution is 5.94. The van der Waals surface area contributed by atoms with Crippen LogP contribution < -0.4 is 4.74 Å². The molecule has 1 N–H and O–H groups in total. The average molecular weight is 198 g/mol. The number of hydrogen-bond donors (Lipinski definition) is 1. The summed E-state index contributed by atoms with van der Waals surface area (Å²) in [6.45, 7) is 0. The Morgan fingerprint density at radius 2 is 2.29 bits per heavy atom. The fourth-order valence-corrected chi connectivity index (χ4v) is 1.35. The van der Waals surface area contributed by atoms with Gasteiger partial charge in [0.25, 0.3) is 0 Å². The van der Waals surface area contributed by atoms with Gasteiger partial charge in [-0.2, -0.15) is 0 Å². The first-order chi connectivity index (χ1) is 6.63. The molecule has 1 aromatic carbocycles. The van der Waals surface area contributed by atoms with E-state index in [1.54, 1.807) is 0 Å². The lowest BCUT2D eigenvalue weighted by Crippen LogP contribution is -1.98. The smallest absolute Gasteiger partial charge is 0.344 e. The Balaban J connectivity index is 2.62. The number of esters is 1. The SMILES string of the molecule is COc1cc(F)c2c(c1)C(O)OC2=O. The highest BCUT2D eigenvalue weighted by Crippen LogP contribution is 2.33. The second kappa shape index (κ2) is 2.95. The number of fused-ring (bicyclic) bond motifs is 1. The second-order valence-electron chi connectivity index (χ2n) is 2.83. The molecule has 0 aromatic heterocycles. The third kappa shape index (κ3) is 1.13. The largest absolute Gasteiger partial charge is 0.497 e. The zero-order valence-corrected chi connectivity index (χ0v) is 7.28. The van der Waals surface area contributed by atoms with Crippen LogP contribution in [0.15, 0.2) is 12.1 Å². The third-order valence-electron chi connectivity index (χ3n) is 2.02. The van der Waals surface area contributed by atoms with Crippen molar-refractivity contribution >= 4 is 5.97 Å². The fraction of sp³-hybridized carbons (Fsp3) is 0.222. The van der Waals surface area contributed by atoms with Gasteiger partial charge in [-0.3, -0.25) is 0 Å². The maximum absolute atomic E-state index is 13.3. The summed E-state index contributed by atoms with van der Waals surface area (Å²) < 4.78 is 22.5. The van der Waals surface area contributed by atoms with Crippen molar-refractivity contribution in [3.63, 3.8) is 0 Å². The molecule has 1 aliphatic heterocycles. The van der Waals surface area contributed by atoms with E-state index in [1.165, 1.54) is 13.2 Å². The molecule has 0 bridgehead atoms. The van der Waals surface area contributed by atoms with Crippen molar-refractivity contribution in [3.8, 4) is 5.75 Å². The number of methoxy groups -OCH3 is 1. The van der Waals surface area contributed by atoms with Crippen LogP contribution in [0.3, 0.4) is 0 Å². The number of aliphatic hydroxyl groups excluding tert-OH is 1. The molecule has 0 radical (unpaired) electrons. The van der Waals surface area contributed by atoms with Crippen LogP contribution in [-0.4, -0.2) is 18.2 Å². The predicted molar refractivity (Wildman–Crippen MR) is 43.3 cm³/mol. The zero-order valence-electron chi connectivity index (χ0n) is 7.28. The first-order valence-corrected chi connectivity index (χ1v) is 3.90. The molecule has 1 atom stereocenters. The lowest BCUT2D eigenvalue weighted by molar-refractivity contribution is -0.0548. The van der Waals surface area contributed by atoms with E-state index < -0.39 is 18.1 Å². The summed E-state index contributed by atoms with van der Waals surface area (Å²) >= 11 is 0. The molecule has 0 saturated carbocycles. The van der Waals surface area contributed by atoms with Crippen molar-refractivity contribution in [2.24, 2.45) is 0 Å². The van der Waals surface area contributed by atoms with E-state index in [4.69, 9.17) is 4.74 Å². The van der Waals surface area contributed by atoms with Gasteiger partial charge in [0.15, 0.2) is 0 Å². The molecule has 74 valence electrons. The van der Waals surface area contributed by atoms with Crippen LogP contribution in [0.4, 0.5) is 4.39 Å². The van der Waals surface area contributed by atoms with Gasteiger partial charge in [-0.15, -0.1) is 0 Å². The Hall–Kier alpha value is -1.62. The number of hydrogen-bond acceptors (Lipinski definition) is 4. The Kier molecular flexibility index (Phi) is 1.89. The molecule has 0 amide bonds. The van der Waals surface area contributed by atoms with Gasteiger partial charge in [-0.05, 0) is 6.07 Å². The number of cyclic esters (lactones) is 1. The normalized spacial score (nSPS) is 19.1. The Labute approximate surface area is 78.9 Å². The lowest BCUT2D eigenvalue weighted by atomic mass is 10.1. The Morgan fingerprint density at radius 1 is 1.57 bits per heavy atom. The van der Waals surface area contributed by atoms with E-state index in [1.807, 2.05) is 0 Å². The van der Waals surface area contributed by atoms with E-state index in [2.05, 4.69) is 4.74 Å². The molecule has 0 aliphatic carbocycles. The van der Waals surface area contributed by atoms with Crippen molar-refractivity contribution in [2.75, 3.05) is 7.11 Å². The van der Waals surface area contributed by atoms with E-state index in [0.29, 0.717) is 0 Å². The number of aliphatic hydroxyl groups is 1. The lowest BCUT2D eigenvalue weighted by Gasteiger charge is -2.04. The van der Waals surface area contributed by atoms with Crippen molar-refractivity contribution in [2.45, 2.75) is 6.29 Å². The zero-order chi connectivity index (χ0) is 10.3. The maximum atomic E-state index is 13.3. The fourth-order valence-electron chi connectivity index (χ4n) is 1.35. The summed E-state index contributed by atoms with van der Waals surface area (Å²) in [6.07, 6.45) is -1.40. The highest BCUT2D eigenvalue weighted by Gasteiger charge is 2.33. The average Bonchev–Trinajstić information content (AvgIpc) is 2.42. The van der Waals surface area contributed by atoms with Crippen molar-refractivity contribution in [3.05, 3.63) is 29.1 Å². The van der Waals surface area contributed by atoms with Gasteiger partial charge in [0.2, 0.25) is 6.29 Å². The standard InChI is InChI=1S/C9H7FO4/c1-13-4-2-5-7(6(10)3-4)9(12)14-8(5)11/h2-3,8,11H,1H3. The number of benzene rings is 1. The molecule has 0 spiro atoms. The number of carbonyl (C=O) groups is 1. The molecule has 4 nitrogen and oxygen atoms in total. The van der Waals surface area contributed by atoms with Crippen LogP contribution in [0.1, 0.15) is 22.2 Å². The third-order valence-corrected chi connectivity index (χ3v) is 2.02. The maximum Gasteiger partial charge on any atom is 0.344 e. The molecule has 0 fully saturated rings. The van der Waals surface area contributed by atoms with Gasteiger partial charge in [0, 0.05) is 11.6 Å². The molecule has 14 heavy (non-hydrogen) atoms. The molecule has 5 heteroatoms. The van der Waals surface area contributed by atoms with Gasteiger partial charge in [0.05, 0.1) is 7.11 Å². The molecule has 1 aliphatic rings. The minimum atomic E-state index is -1.40. The van der Waals surface area contributed by atoms with E-state index in [9.17, 15) is 14.3 Å². The first-order valence-electron chi connectivity index (χ1n) is 3.90. The predicted octanol–water partition coefficient (Wildman–Crippen LogP) is 0.996. The topological polar surface area (TPSA) is 55.8 Å². The number of rotatable bonds is 1. The van der Waals surface area contributed by atoms with Crippen LogP contribution in [0.2, 0.25) is 0 Å². The number of carbonyl (C=O) groups excluding carboxylic acids is 1. The monoisotopic (exact) mass is 198 g/mol. The summed E-state index contributed by atoms with van der Waals surface area (Å²) in [7, 11) is 1.37. The Bertz CT molecular complexity index is 402. The quantitative estimate of drug-likeness (QED) is 0.684. The van der Waals surface area contributed by atoms with Gasteiger partial charge in [0.1, 0.15) is 17.1 Å². The highest BCUT2D eigenvalue weighted by atomic mass is 19.1. The molecular weight excluding hydrogens is 191 g/mol. The summed E-state index contributed by atoms with van der Waals surface area (Å²) in [5.74, 6) is -1.37. The number of halogens is 1. The van der Waals surface area contributed by atoms with Crippen LogP contribution in [0, 0.1) is 5.82 Å². The van der Waals surface area contributed by atoms with Crippen LogP contribution >= 0.6 is 0 Å². The van der Waals surface area contributed by atoms with Gasteiger partial charge in [-0.1, -0.05) is 0 Å². The van der Waals surface area contributed by atoms with Crippen molar-refractivity contribution < 1.29 is 23.8 Å². The molecule has 1 aromatic rings. The summed E-state index contributed by atoms with van der Waals surface area (Å²) in [4.78, 5) is 11.0. The minimum Gasteiger partial charge on any atom is -0.497 e. The summed E-state index contributed by atoms with van der Waals surface area (Å²) in [5.41, 5.74) is -0.120. The molecule has 0 saturated heterocycles. The first kappa shape index (κ1) is 8.96. The van der Waals surface area contributed by atoms with Gasteiger partial charge in [-0.25, -0.2) is 9.18 Å². The van der Waals surface area contributed by atoms with Crippen LogP contribution in [0.5, 0.6) is 5.75 Å².